The Morgan fingerprint density at radius 2 is 1.65 bits per heavy atom. The van der Waals surface area contributed by atoms with Gasteiger partial charge in [0.1, 0.15) is 0 Å². The SMILES string of the molecule is CCc1ccc(/C=C/C(=O)Nc2ccc(C(F)(F)F)cc2)cc1. The quantitative estimate of drug-likeness (QED) is 0.796. The van der Waals surface area contributed by atoms with E-state index < -0.39 is 17.6 Å². The predicted octanol–water partition coefficient (Wildman–Crippen LogP) is 4.92. The maximum atomic E-state index is 12.4. The Morgan fingerprint density at radius 1 is 1.04 bits per heavy atom. The van der Waals surface area contributed by atoms with Crippen molar-refractivity contribution in [2.45, 2.75) is 19.5 Å². The van der Waals surface area contributed by atoms with E-state index in [-0.39, 0.29) is 0 Å². The van der Waals surface area contributed by atoms with Crippen molar-refractivity contribution in [3.8, 4) is 0 Å². The van der Waals surface area contributed by atoms with Crippen molar-refractivity contribution in [2.24, 2.45) is 0 Å². The third kappa shape index (κ3) is 4.98. The Hall–Kier alpha value is -2.56. The second kappa shape index (κ2) is 7.13. The number of carbonyl (C=O) groups excluding carboxylic acids is 1. The largest absolute Gasteiger partial charge is 0.416 e. The molecule has 0 radical (unpaired) electrons. The first kappa shape index (κ1) is 16.8. The summed E-state index contributed by atoms with van der Waals surface area (Å²) >= 11 is 0. The normalized spacial score (nSPS) is 11.7. The Balaban J connectivity index is 1.97. The van der Waals surface area contributed by atoms with E-state index in [4.69, 9.17) is 0 Å². The summed E-state index contributed by atoms with van der Waals surface area (Å²) in [5, 5.41) is 2.52. The van der Waals surface area contributed by atoms with Gasteiger partial charge in [-0.05, 0) is 47.9 Å². The van der Waals surface area contributed by atoms with Crippen molar-refractivity contribution >= 4 is 17.7 Å². The van der Waals surface area contributed by atoms with Gasteiger partial charge in [0.05, 0.1) is 5.56 Å². The molecule has 0 saturated carbocycles. The third-order valence-electron chi connectivity index (χ3n) is 3.29. The van der Waals surface area contributed by atoms with Gasteiger partial charge in [0.15, 0.2) is 0 Å². The maximum Gasteiger partial charge on any atom is 0.416 e. The van der Waals surface area contributed by atoms with Crippen LogP contribution in [0, 0.1) is 0 Å². The highest BCUT2D eigenvalue weighted by Crippen LogP contribution is 2.29. The summed E-state index contributed by atoms with van der Waals surface area (Å²) in [6, 6.07) is 12.1. The molecular weight excluding hydrogens is 303 g/mol. The first-order valence-corrected chi connectivity index (χ1v) is 7.14. The third-order valence-corrected chi connectivity index (χ3v) is 3.29. The van der Waals surface area contributed by atoms with Gasteiger partial charge in [-0.3, -0.25) is 4.79 Å². The van der Waals surface area contributed by atoms with Crippen molar-refractivity contribution < 1.29 is 18.0 Å². The van der Waals surface area contributed by atoms with Gasteiger partial charge < -0.3 is 5.32 Å². The van der Waals surface area contributed by atoms with Crippen LogP contribution in [0.25, 0.3) is 6.08 Å². The molecule has 0 aliphatic carbocycles. The molecule has 0 spiro atoms. The van der Waals surface area contributed by atoms with Crippen LogP contribution in [0.3, 0.4) is 0 Å². The zero-order valence-electron chi connectivity index (χ0n) is 12.5. The van der Waals surface area contributed by atoms with Crippen molar-refractivity contribution in [3.63, 3.8) is 0 Å². The first-order valence-electron chi connectivity index (χ1n) is 7.14. The molecule has 5 heteroatoms. The van der Waals surface area contributed by atoms with Crippen molar-refractivity contribution in [3.05, 3.63) is 71.3 Å². The number of hydrogen-bond donors (Lipinski definition) is 1. The molecule has 23 heavy (non-hydrogen) atoms. The fourth-order valence-electron chi connectivity index (χ4n) is 1.96. The van der Waals surface area contributed by atoms with Gasteiger partial charge >= 0.3 is 6.18 Å². The molecule has 0 heterocycles. The van der Waals surface area contributed by atoms with E-state index in [1.807, 2.05) is 24.3 Å². The number of halogens is 3. The number of alkyl halides is 3. The number of carbonyl (C=O) groups is 1. The van der Waals surface area contributed by atoms with E-state index in [1.54, 1.807) is 6.08 Å². The van der Waals surface area contributed by atoms with Crippen LogP contribution in [0.2, 0.25) is 0 Å². The van der Waals surface area contributed by atoms with Gasteiger partial charge in [0, 0.05) is 11.8 Å². The first-order chi connectivity index (χ1) is 10.9. The zero-order valence-corrected chi connectivity index (χ0v) is 12.5. The Morgan fingerprint density at radius 3 is 2.17 bits per heavy atom. The van der Waals surface area contributed by atoms with E-state index in [9.17, 15) is 18.0 Å². The number of aryl methyl sites for hydroxylation is 1. The molecule has 120 valence electrons. The molecule has 0 bridgehead atoms. The number of nitrogens with one attached hydrogen (secondary N) is 1. The molecule has 2 aromatic rings. The fraction of sp³-hybridized carbons (Fsp3) is 0.167. The lowest BCUT2D eigenvalue weighted by atomic mass is 10.1. The summed E-state index contributed by atoms with van der Waals surface area (Å²) in [5.41, 5.74) is 1.65. The molecule has 1 amide bonds. The average molecular weight is 319 g/mol. The molecule has 0 aliphatic heterocycles. The smallest absolute Gasteiger partial charge is 0.323 e. The second-order valence-corrected chi connectivity index (χ2v) is 4.99. The monoisotopic (exact) mass is 319 g/mol. The van der Waals surface area contributed by atoms with E-state index in [0.29, 0.717) is 5.69 Å². The van der Waals surface area contributed by atoms with Crippen LogP contribution in [0.4, 0.5) is 18.9 Å². The average Bonchev–Trinajstić information content (AvgIpc) is 2.53. The van der Waals surface area contributed by atoms with Gasteiger partial charge in [0.2, 0.25) is 5.91 Å². The summed E-state index contributed by atoms with van der Waals surface area (Å²) in [6.45, 7) is 2.06. The second-order valence-electron chi connectivity index (χ2n) is 4.99. The number of benzene rings is 2. The van der Waals surface area contributed by atoms with Crippen LogP contribution in [-0.2, 0) is 17.4 Å². The molecule has 2 nitrogen and oxygen atoms in total. The topological polar surface area (TPSA) is 29.1 Å². The van der Waals surface area contributed by atoms with E-state index in [0.717, 1.165) is 24.1 Å². The van der Waals surface area contributed by atoms with E-state index in [1.165, 1.54) is 23.8 Å². The molecule has 0 fully saturated rings. The van der Waals surface area contributed by atoms with Gasteiger partial charge in [0.25, 0.3) is 0 Å². The lowest BCUT2D eigenvalue weighted by molar-refractivity contribution is -0.137. The zero-order chi connectivity index (χ0) is 16.9. The number of anilines is 1. The summed E-state index contributed by atoms with van der Waals surface area (Å²) < 4.78 is 37.3. The highest BCUT2D eigenvalue weighted by Gasteiger charge is 2.29. The lowest BCUT2D eigenvalue weighted by Gasteiger charge is -2.07. The van der Waals surface area contributed by atoms with Crippen molar-refractivity contribution in [2.75, 3.05) is 5.32 Å². The van der Waals surface area contributed by atoms with Crippen LogP contribution in [0.1, 0.15) is 23.6 Å². The highest BCUT2D eigenvalue weighted by molar-refractivity contribution is 6.01. The van der Waals surface area contributed by atoms with Gasteiger partial charge in [-0.2, -0.15) is 13.2 Å². The number of rotatable bonds is 4. The molecule has 0 atom stereocenters. The molecular formula is C18H16F3NO. The van der Waals surface area contributed by atoms with Crippen LogP contribution >= 0.6 is 0 Å². The van der Waals surface area contributed by atoms with E-state index >= 15 is 0 Å². The summed E-state index contributed by atoms with van der Waals surface area (Å²) in [6.07, 6.45) is -0.441. The van der Waals surface area contributed by atoms with Gasteiger partial charge in [-0.1, -0.05) is 31.2 Å². The molecule has 0 saturated heterocycles. The predicted molar refractivity (Wildman–Crippen MR) is 84.9 cm³/mol. The van der Waals surface area contributed by atoms with Gasteiger partial charge in [-0.25, -0.2) is 0 Å². The molecule has 0 unspecified atom stereocenters. The Labute approximate surface area is 132 Å². The molecule has 0 aliphatic rings. The molecule has 2 aromatic carbocycles. The number of hydrogen-bond acceptors (Lipinski definition) is 1. The minimum absolute atomic E-state index is 0.314. The Kier molecular flexibility index (Phi) is 5.21. The van der Waals surface area contributed by atoms with Crippen molar-refractivity contribution in [1.82, 2.24) is 0 Å². The van der Waals surface area contributed by atoms with Crippen LogP contribution in [-0.4, -0.2) is 5.91 Å². The van der Waals surface area contributed by atoms with Crippen molar-refractivity contribution in [1.29, 1.82) is 0 Å². The molecule has 1 N–H and O–H groups in total. The highest BCUT2D eigenvalue weighted by atomic mass is 19.4. The van der Waals surface area contributed by atoms with E-state index in [2.05, 4.69) is 12.2 Å². The number of amides is 1. The fourth-order valence-corrected chi connectivity index (χ4v) is 1.96. The molecule has 2 rings (SSSR count). The van der Waals surface area contributed by atoms with Crippen LogP contribution in [0.5, 0.6) is 0 Å². The van der Waals surface area contributed by atoms with Crippen LogP contribution in [0.15, 0.2) is 54.6 Å². The van der Waals surface area contributed by atoms with Crippen LogP contribution < -0.4 is 5.32 Å². The Bertz CT molecular complexity index is 686. The minimum atomic E-state index is -4.38. The summed E-state index contributed by atoms with van der Waals surface area (Å²) in [5.74, 6) is -0.399. The standard InChI is InChI=1S/C18H16F3NO/c1-2-13-3-5-14(6-4-13)7-12-17(23)22-16-10-8-15(9-11-16)18(19,20)21/h3-12H,2H2,1H3,(H,22,23)/b12-7+. The lowest BCUT2D eigenvalue weighted by Crippen LogP contribution is -2.09. The molecule has 0 aromatic heterocycles. The summed E-state index contributed by atoms with van der Waals surface area (Å²) in [4.78, 5) is 11.8. The minimum Gasteiger partial charge on any atom is -0.323 e. The van der Waals surface area contributed by atoms with Gasteiger partial charge in [-0.15, -0.1) is 0 Å². The summed E-state index contributed by atoms with van der Waals surface area (Å²) in [7, 11) is 0. The maximum absolute atomic E-state index is 12.4.